The number of esters is 1. The summed E-state index contributed by atoms with van der Waals surface area (Å²) in [6.45, 7) is 3.92. The van der Waals surface area contributed by atoms with Gasteiger partial charge in [0, 0.05) is 34.6 Å². The third-order valence-electron chi connectivity index (χ3n) is 5.33. The molecule has 4 nitrogen and oxygen atoms in total. The number of ether oxygens (including phenoxy) is 1. The lowest BCUT2D eigenvalue weighted by atomic mass is 10.0. The van der Waals surface area contributed by atoms with Crippen molar-refractivity contribution in [1.82, 2.24) is 4.90 Å². The highest BCUT2D eigenvalue weighted by molar-refractivity contribution is 8.00. The van der Waals surface area contributed by atoms with Crippen LogP contribution in [-0.2, 0) is 9.53 Å². The van der Waals surface area contributed by atoms with Crippen LogP contribution in [0, 0.1) is 5.82 Å². The molecule has 29 heavy (non-hydrogen) atoms. The second-order valence-corrected chi connectivity index (χ2v) is 8.43. The van der Waals surface area contributed by atoms with Crippen molar-refractivity contribution in [3.8, 4) is 5.75 Å². The van der Waals surface area contributed by atoms with Crippen LogP contribution in [0.1, 0.15) is 37.0 Å². The molecule has 1 fully saturated rings. The minimum absolute atomic E-state index is 0.150. The van der Waals surface area contributed by atoms with Crippen molar-refractivity contribution in [2.45, 2.75) is 36.3 Å². The summed E-state index contributed by atoms with van der Waals surface area (Å²) in [7, 11) is 0. The van der Waals surface area contributed by atoms with Crippen LogP contribution in [0.25, 0.3) is 11.8 Å². The Labute approximate surface area is 173 Å². The number of nitrogens with zero attached hydrogens (tertiary/aromatic N) is 1. The zero-order chi connectivity index (χ0) is 20.4. The highest BCUT2D eigenvalue weighted by Gasteiger charge is 2.33. The van der Waals surface area contributed by atoms with Crippen molar-refractivity contribution in [3.63, 3.8) is 0 Å². The standard InChI is InChI=1S/C23H24FNO3S/c1-2-28-23(27)21-20-17(14-25-12-4-3-5-13-25)18(26)10-11-19(20)29-22(21)15-6-8-16(24)9-7-15/h6-11,14,22,26H,2-5,12-13H2,1H3. The maximum absolute atomic E-state index is 13.4. The molecule has 0 spiro atoms. The number of fused-ring (bicyclic) bond motifs is 1. The Morgan fingerprint density at radius 3 is 2.62 bits per heavy atom. The lowest BCUT2D eigenvalue weighted by Gasteiger charge is -2.25. The molecule has 0 radical (unpaired) electrons. The van der Waals surface area contributed by atoms with Crippen LogP contribution in [0.3, 0.4) is 0 Å². The first-order valence-electron chi connectivity index (χ1n) is 10.00. The van der Waals surface area contributed by atoms with E-state index in [1.165, 1.54) is 30.3 Å². The van der Waals surface area contributed by atoms with Crippen LogP contribution in [0.5, 0.6) is 5.75 Å². The van der Waals surface area contributed by atoms with Crippen LogP contribution in [0.15, 0.2) is 41.3 Å². The van der Waals surface area contributed by atoms with Crippen LogP contribution < -0.4 is 10.4 Å². The number of thioether (sulfide) groups is 1. The van der Waals surface area contributed by atoms with E-state index in [0.29, 0.717) is 10.8 Å². The smallest absolute Gasteiger partial charge is 0.336 e. The zero-order valence-corrected chi connectivity index (χ0v) is 17.2. The average Bonchev–Trinajstić information content (AvgIpc) is 3.11. The van der Waals surface area contributed by atoms with Gasteiger partial charge in [-0.3, -0.25) is 0 Å². The Bertz CT molecular complexity index is 1030. The molecule has 1 N–H and O–H groups in total. The van der Waals surface area contributed by atoms with E-state index < -0.39 is 5.97 Å². The maximum atomic E-state index is 13.4. The molecule has 1 saturated heterocycles. The normalized spacial score (nSPS) is 19.4. The number of rotatable bonds is 4. The molecule has 2 heterocycles. The van der Waals surface area contributed by atoms with E-state index in [0.717, 1.165) is 41.6 Å². The van der Waals surface area contributed by atoms with Crippen molar-refractivity contribution >= 4 is 29.5 Å². The molecule has 152 valence electrons. The van der Waals surface area contributed by atoms with Gasteiger partial charge in [-0.1, -0.05) is 12.1 Å². The molecule has 1 unspecified atom stereocenters. The Balaban J connectivity index is 1.93. The van der Waals surface area contributed by atoms with Gasteiger partial charge in [0.2, 0.25) is 0 Å². The minimum atomic E-state index is -0.396. The third kappa shape index (κ3) is 3.99. The highest BCUT2D eigenvalue weighted by Crippen LogP contribution is 2.44. The largest absolute Gasteiger partial charge is 0.507 e. The average molecular weight is 414 g/mol. The minimum Gasteiger partial charge on any atom is -0.507 e. The van der Waals surface area contributed by atoms with E-state index in [9.17, 15) is 14.3 Å². The molecule has 0 amide bonds. The predicted octanol–water partition coefficient (Wildman–Crippen LogP) is 3.32. The van der Waals surface area contributed by atoms with Crippen molar-refractivity contribution in [1.29, 1.82) is 0 Å². The summed E-state index contributed by atoms with van der Waals surface area (Å²) in [5.41, 5.74) is 1.34. The Hall–Kier alpha value is -2.47. The molecule has 4 rings (SSSR count). The van der Waals surface area contributed by atoms with Gasteiger partial charge in [0.15, 0.2) is 0 Å². The fraction of sp³-hybridized carbons (Fsp3) is 0.348. The number of carbonyl (C=O) groups is 1. The molecule has 0 saturated carbocycles. The molecule has 0 bridgehead atoms. The fourth-order valence-corrected chi connectivity index (χ4v) is 5.30. The monoisotopic (exact) mass is 413 g/mol. The quantitative estimate of drug-likeness (QED) is 0.780. The first kappa shape index (κ1) is 19.8. The Morgan fingerprint density at radius 1 is 1.21 bits per heavy atom. The summed E-state index contributed by atoms with van der Waals surface area (Å²) in [5.74, 6) is -0.563. The van der Waals surface area contributed by atoms with Gasteiger partial charge in [0.1, 0.15) is 11.6 Å². The lowest BCUT2D eigenvalue weighted by molar-refractivity contribution is -0.136. The van der Waals surface area contributed by atoms with E-state index in [1.54, 1.807) is 25.1 Å². The van der Waals surface area contributed by atoms with Gasteiger partial charge in [-0.05, 0) is 56.0 Å². The number of halogens is 1. The summed E-state index contributed by atoms with van der Waals surface area (Å²) in [6.07, 6.45) is 5.42. The maximum Gasteiger partial charge on any atom is 0.336 e. The summed E-state index contributed by atoms with van der Waals surface area (Å²) in [5, 5.41) is 11.7. The third-order valence-corrected chi connectivity index (χ3v) is 6.67. The zero-order valence-electron chi connectivity index (χ0n) is 16.4. The number of hydrogen-bond acceptors (Lipinski definition) is 5. The molecular formula is C23H24FNO3S. The molecule has 2 aromatic rings. The number of hydrogen-bond donors (Lipinski definition) is 1. The van der Waals surface area contributed by atoms with Gasteiger partial charge in [0.05, 0.1) is 17.4 Å². The van der Waals surface area contributed by atoms with Crippen molar-refractivity contribution in [2.75, 3.05) is 19.7 Å². The van der Waals surface area contributed by atoms with Crippen LogP contribution >= 0.6 is 11.8 Å². The van der Waals surface area contributed by atoms with Crippen LogP contribution in [0.4, 0.5) is 4.39 Å². The fourth-order valence-electron chi connectivity index (χ4n) is 3.93. The lowest BCUT2D eigenvalue weighted by Crippen LogP contribution is -2.35. The van der Waals surface area contributed by atoms with Gasteiger partial charge in [0.25, 0.3) is 0 Å². The van der Waals surface area contributed by atoms with E-state index in [4.69, 9.17) is 4.74 Å². The van der Waals surface area contributed by atoms with Gasteiger partial charge in [-0.25, -0.2) is 9.18 Å². The first-order chi connectivity index (χ1) is 14.1. The van der Waals surface area contributed by atoms with Gasteiger partial charge >= 0.3 is 5.97 Å². The second kappa shape index (κ2) is 8.49. The van der Waals surface area contributed by atoms with Crippen LogP contribution in [-0.4, -0.2) is 35.7 Å². The second-order valence-electron chi connectivity index (χ2n) is 7.28. The van der Waals surface area contributed by atoms with Gasteiger partial charge in [-0.2, -0.15) is 0 Å². The van der Waals surface area contributed by atoms with E-state index >= 15 is 0 Å². The molecular weight excluding hydrogens is 389 g/mol. The van der Waals surface area contributed by atoms with Crippen molar-refractivity contribution < 1.29 is 19.0 Å². The molecule has 2 aliphatic heterocycles. The molecule has 2 aromatic carbocycles. The highest BCUT2D eigenvalue weighted by atomic mass is 32.2. The molecule has 6 heteroatoms. The number of benzene rings is 2. The summed E-state index contributed by atoms with van der Waals surface area (Å²) < 4.78 is 18.8. The van der Waals surface area contributed by atoms with E-state index in [1.807, 2.05) is 12.3 Å². The topological polar surface area (TPSA) is 49.8 Å². The number of likely N-dealkylation sites (tertiary alicyclic amines) is 1. The number of aromatic hydroxyl groups is 1. The first-order valence-corrected chi connectivity index (χ1v) is 10.9. The van der Waals surface area contributed by atoms with Crippen molar-refractivity contribution in [2.24, 2.45) is 0 Å². The Morgan fingerprint density at radius 2 is 1.93 bits per heavy atom. The van der Waals surface area contributed by atoms with Crippen molar-refractivity contribution in [3.05, 3.63) is 58.2 Å². The molecule has 2 aliphatic rings. The number of phenolic OH excluding ortho intramolecular Hbond substituents is 1. The number of carbonyl (C=O) groups excluding carboxylic acids is 1. The molecule has 1 atom stereocenters. The Kier molecular flexibility index (Phi) is 5.81. The predicted molar refractivity (Wildman–Crippen MR) is 112 cm³/mol. The van der Waals surface area contributed by atoms with Crippen LogP contribution in [0.2, 0.25) is 0 Å². The molecule has 0 aromatic heterocycles. The SMILES string of the molecule is CCOC(=O)C1=c2c(ccc(O)c2=CN2CCCCC2)SC1c1ccc(F)cc1. The van der Waals surface area contributed by atoms with E-state index in [2.05, 4.69) is 4.90 Å². The van der Waals surface area contributed by atoms with Gasteiger partial charge in [-0.15, -0.1) is 11.8 Å². The summed E-state index contributed by atoms with van der Waals surface area (Å²) >= 11 is 1.53. The summed E-state index contributed by atoms with van der Waals surface area (Å²) in [4.78, 5) is 16.1. The molecule has 0 aliphatic carbocycles. The van der Waals surface area contributed by atoms with E-state index in [-0.39, 0.29) is 23.4 Å². The number of piperidine rings is 1. The van der Waals surface area contributed by atoms with Gasteiger partial charge < -0.3 is 14.7 Å². The number of phenols is 1. The summed E-state index contributed by atoms with van der Waals surface area (Å²) in [6, 6.07) is 9.72.